The van der Waals surface area contributed by atoms with Crippen LogP contribution in [-0.4, -0.2) is 35.0 Å². The molecular formula is C38H36FN3O3. The first-order valence-corrected chi connectivity index (χ1v) is 15.3. The Kier molecular flexibility index (Phi) is 9.77. The van der Waals surface area contributed by atoms with E-state index in [9.17, 15) is 9.18 Å². The number of ether oxygens (including phenoxy) is 2. The summed E-state index contributed by atoms with van der Waals surface area (Å²) in [6.07, 6.45) is 3.75. The molecule has 5 aromatic rings. The molecule has 0 atom stereocenters. The maximum absolute atomic E-state index is 13.1. The quantitative estimate of drug-likeness (QED) is 0.171. The average Bonchev–Trinajstić information content (AvgIpc) is 3.09. The van der Waals surface area contributed by atoms with Gasteiger partial charge in [0.05, 0.1) is 0 Å². The van der Waals surface area contributed by atoms with Gasteiger partial charge in [0.1, 0.15) is 24.3 Å². The molecule has 1 saturated heterocycles. The van der Waals surface area contributed by atoms with Crippen molar-refractivity contribution in [3.8, 4) is 22.8 Å². The fourth-order valence-corrected chi connectivity index (χ4v) is 5.37. The number of likely N-dealkylation sites (tertiary alicyclic amines) is 1. The lowest BCUT2D eigenvalue weighted by Crippen LogP contribution is -2.37. The lowest BCUT2D eigenvalue weighted by Gasteiger charge is -2.31. The molecule has 0 unspecified atom stereocenters. The molecule has 1 aromatic heterocycles. The van der Waals surface area contributed by atoms with E-state index < -0.39 is 0 Å². The number of nitrogens with zero attached hydrogens (tertiary/aromatic N) is 2. The second-order valence-corrected chi connectivity index (χ2v) is 11.3. The zero-order valence-corrected chi connectivity index (χ0v) is 25.1. The van der Waals surface area contributed by atoms with Crippen LogP contribution in [0.4, 0.5) is 4.39 Å². The van der Waals surface area contributed by atoms with Crippen molar-refractivity contribution in [3.05, 3.63) is 150 Å². The number of pyridine rings is 1. The monoisotopic (exact) mass is 601 g/mol. The van der Waals surface area contributed by atoms with Gasteiger partial charge in [-0.15, -0.1) is 0 Å². The summed E-state index contributed by atoms with van der Waals surface area (Å²) in [7, 11) is 0. The van der Waals surface area contributed by atoms with Crippen molar-refractivity contribution in [1.82, 2.24) is 15.2 Å². The minimum Gasteiger partial charge on any atom is -0.489 e. The number of piperidine rings is 1. The second kappa shape index (κ2) is 14.6. The Morgan fingerprint density at radius 2 is 1.44 bits per heavy atom. The highest BCUT2D eigenvalue weighted by Gasteiger charge is 2.21. The lowest BCUT2D eigenvalue weighted by molar-refractivity contribution is 0.0932. The molecule has 228 valence electrons. The number of hydrogen-bond donors (Lipinski definition) is 1. The minimum absolute atomic E-state index is 0.118. The Morgan fingerprint density at radius 1 is 0.778 bits per heavy atom. The molecule has 1 fully saturated rings. The molecule has 1 amide bonds. The molecule has 1 aliphatic heterocycles. The number of nitrogens with one attached hydrogen (secondary N) is 1. The zero-order valence-electron chi connectivity index (χ0n) is 25.1. The molecule has 0 spiro atoms. The number of halogens is 1. The third-order valence-corrected chi connectivity index (χ3v) is 7.98. The van der Waals surface area contributed by atoms with Gasteiger partial charge in [0, 0.05) is 44.0 Å². The summed E-state index contributed by atoms with van der Waals surface area (Å²) in [5.74, 6) is 1.04. The molecule has 45 heavy (non-hydrogen) atoms. The molecule has 0 bridgehead atoms. The molecule has 7 heteroatoms. The highest BCUT2D eigenvalue weighted by molar-refractivity contribution is 5.94. The van der Waals surface area contributed by atoms with Gasteiger partial charge in [0.15, 0.2) is 0 Å². The van der Waals surface area contributed by atoms with Crippen LogP contribution in [0.3, 0.4) is 0 Å². The lowest BCUT2D eigenvalue weighted by atomic mass is 10.0. The first kappa shape index (κ1) is 30.0. The van der Waals surface area contributed by atoms with E-state index >= 15 is 0 Å². The SMILES string of the molecule is O=C(NCc1ccc(OC2CCN(Cc3ccc(OCc4ccc(F)cc4)cc3)CC2)nc1)c1ccc(-c2ccccc2)cc1. The Balaban J connectivity index is 0.900. The first-order chi connectivity index (χ1) is 22.1. The summed E-state index contributed by atoms with van der Waals surface area (Å²) in [4.78, 5) is 19.6. The van der Waals surface area contributed by atoms with Crippen LogP contribution in [0.5, 0.6) is 11.6 Å². The van der Waals surface area contributed by atoms with E-state index in [-0.39, 0.29) is 17.8 Å². The Morgan fingerprint density at radius 3 is 2.13 bits per heavy atom. The van der Waals surface area contributed by atoms with Crippen LogP contribution in [0.1, 0.15) is 39.9 Å². The average molecular weight is 602 g/mol. The van der Waals surface area contributed by atoms with E-state index in [4.69, 9.17) is 9.47 Å². The highest BCUT2D eigenvalue weighted by Crippen LogP contribution is 2.22. The standard InChI is InChI=1S/C38H36FN3O3/c39-34-15-6-29(7-16-34)27-44-35-17-8-28(9-18-35)26-42-22-20-36(21-23-42)45-37-19-10-30(24-40-37)25-41-38(43)33-13-11-32(12-14-33)31-4-2-1-3-5-31/h1-19,24,36H,20-23,25-27H2,(H,41,43). The Bertz CT molecular complexity index is 1650. The Labute approximate surface area is 263 Å². The van der Waals surface area contributed by atoms with Gasteiger partial charge in [0.25, 0.3) is 5.91 Å². The summed E-state index contributed by atoms with van der Waals surface area (Å²) in [6, 6.07) is 36.1. The molecule has 0 radical (unpaired) electrons. The van der Waals surface area contributed by atoms with Gasteiger partial charge < -0.3 is 14.8 Å². The normalized spacial score (nSPS) is 13.7. The number of benzene rings is 4. The fourth-order valence-electron chi connectivity index (χ4n) is 5.37. The molecule has 0 saturated carbocycles. The molecule has 4 aromatic carbocycles. The van der Waals surface area contributed by atoms with Crippen molar-refractivity contribution in [2.24, 2.45) is 0 Å². The summed E-state index contributed by atoms with van der Waals surface area (Å²) in [5.41, 5.74) is 5.91. The topological polar surface area (TPSA) is 63.7 Å². The summed E-state index contributed by atoms with van der Waals surface area (Å²) < 4.78 is 25.1. The van der Waals surface area contributed by atoms with Gasteiger partial charge in [-0.2, -0.15) is 0 Å². The van der Waals surface area contributed by atoms with Crippen LogP contribution in [0, 0.1) is 5.82 Å². The van der Waals surface area contributed by atoms with Crippen molar-refractivity contribution in [1.29, 1.82) is 0 Å². The smallest absolute Gasteiger partial charge is 0.251 e. The van der Waals surface area contributed by atoms with Gasteiger partial charge in [-0.1, -0.05) is 72.8 Å². The number of hydrogen-bond acceptors (Lipinski definition) is 5. The maximum Gasteiger partial charge on any atom is 0.251 e. The molecule has 6 rings (SSSR count). The van der Waals surface area contributed by atoms with E-state index in [2.05, 4.69) is 39.5 Å². The zero-order chi connectivity index (χ0) is 30.8. The van der Waals surface area contributed by atoms with Crippen LogP contribution in [0.15, 0.2) is 121 Å². The van der Waals surface area contributed by atoms with Crippen molar-refractivity contribution in [3.63, 3.8) is 0 Å². The summed E-state index contributed by atoms with van der Waals surface area (Å²) in [5, 5.41) is 2.97. The number of amides is 1. The summed E-state index contributed by atoms with van der Waals surface area (Å²) in [6.45, 7) is 3.58. The van der Waals surface area contributed by atoms with Crippen molar-refractivity contribution in [2.75, 3.05) is 13.1 Å². The van der Waals surface area contributed by atoms with Crippen molar-refractivity contribution in [2.45, 2.75) is 38.6 Å². The van der Waals surface area contributed by atoms with Crippen LogP contribution in [0.25, 0.3) is 11.1 Å². The van der Waals surface area contributed by atoms with E-state index in [1.54, 1.807) is 18.3 Å². The molecule has 1 aliphatic rings. The molecule has 6 nitrogen and oxygen atoms in total. The Hall–Kier alpha value is -5.01. The predicted molar refractivity (Wildman–Crippen MR) is 173 cm³/mol. The van der Waals surface area contributed by atoms with Gasteiger partial charge >= 0.3 is 0 Å². The van der Waals surface area contributed by atoms with Crippen LogP contribution in [0.2, 0.25) is 0 Å². The first-order valence-electron chi connectivity index (χ1n) is 15.3. The number of carbonyl (C=O) groups excluding carboxylic acids is 1. The largest absolute Gasteiger partial charge is 0.489 e. The highest BCUT2D eigenvalue weighted by atomic mass is 19.1. The van der Waals surface area contributed by atoms with Crippen LogP contribution >= 0.6 is 0 Å². The third kappa shape index (κ3) is 8.55. The van der Waals surface area contributed by atoms with Gasteiger partial charge in [0.2, 0.25) is 5.88 Å². The number of carbonyl (C=O) groups is 1. The van der Waals surface area contributed by atoms with E-state index in [1.807, 2.05) is 66.7 Å². The molecule has 0 aliphatic carbocycles. The number of rotatable bonds is 11. The predicted octanol–water partition coefficient (Wildman–Crippen LogP) is 7.44. The van der Waals surface area contributed by atoms with Gasteiger partial charge in [-0.25, -0.2) is 9.37 Å². The van der Waals surface area contributed by atoms with Crippen molar-refractivity contribution >= 4 is 5.91 Å². The van der Waals surface area contributed by atoms with Gasteiger partial charge in [-0.05, 0) is 77.1 Å². The van der Waals surface area contributed by atoms with Crippen LogP contribution in [-0.2, 0) is 19.7 Å². The second-order valence-electron chi connectivity index (χ2n) is 11.3. The minimum atomic E-state index is -0.245. The van der Waals surface area contributed by atoms with Gasteiger partial charge in [-0.3, -0.25) is 9.69 Å². The van der Waals surface area contributed by atoms with Crippen LogP contribution < -0.4 is 14.8 Å². The van der Waals surface area contributed by atoms with Crippen molar-refractivity contribution < 1.29 is 18.7 Å². The number of aromatic nitrogens is 1. The summed E-state index contributed by atoms with van der Waals surface area (Å²) >= 11 is 0. The maximum atomic E-state index is 13.1. The molecule has 1 N–H and O–H groups in total. The van der Waals surface area contributed by atoms with E-state index in [1.165, 1.54) is 17.7 Å². The van der Waals surface area contributed by atoms with E-state index in [0.717, 1.165) is 60.5 Å². The molecular weight excluding hydrogens is 565 g/mol. The molecule has 2 heterocycles. The fraction of sp³-hybridized carbons (Fsp3) is 0.211. The van der Waals surface area contributed by atoms with E-state index in [0.29, 0.717) is 24.6 Å². The third-order valence-electron chi connectivity index (χ3n) is 7.98.